The molecule has 1 aliphatic carbocycles. The van der Waals surface area contributed by atoms with Gasteiger partial charge in [0.2, 0.25) is 5.88 Å². The molecule has 2 atom stereocenters. The summed E-state index contributed by atoms with van der Waals surface area (Å²) in [4.78, 5) is 13.8. The Morgan fingerprint density at radius 1 is 0.968 bits per heavy atom. The van der Waals surface area contributed by atoms with Gasteiger partial charge in [-0.25, -0.2) is 4.98 Å². The highest BCUT2D eigenvalue weighted by molar-refractivity contribution is 5.78. The number of rotatable bonds is 7. The fraction of sp³-hybridized carbons (Fsp3) is 0.269. The summed E-state index contributed by atoms with van der Waals surface area (Å²) in [6.45, 7) is 5.11. The lowest BCUT2D eigenvalue weighted by Crippen LogP contribution is -2.05. The van der Waals surface area contributed by atoms with Gasteiger partial charge in [0.25, 0.3) is 0 Å². The number of fused-ring (bicyclic) bond motifs is 1. The lowest BCUT2D eigenvalue weighted by molar-refractivity contribution is 0.285. The van der Waals surface area contributed by atoms with Gasteiger partial charge in [-0.05, 0) is 50.1 Å². The lowest BCUT2D eigenvalue weighted by atomic mass is 10.1. The normalized spacial score (nSPS) is 17.5. The van der Waals surface area contributed by atoms with Crippen LogP contribution >= 0.6 is 0 Å². The van der Waals surface area contributed by atoms with Gasteiger partial charge in [-0.3, -0.25) is 4.98 Å². The Bertz CT molecular complexity index is 1220. The van der Waals surface area contributed by atoms with Crippen LogP contribution in [0, 0.1) is 12.8 Å². The van der Waals surface area contributed by atoms with Crippen LogP contribution in [0.15, 0.2) is 66.9 Å². The van der Waals surface area contributed by atoms with Gasteiger partial charge in [0.1, 0.15) is 11.6 Å². The molecule has 0 amide bonds. The topological polar surface area (TPSA) is 57.1 Å². The predicted molar refractivity (Wildman–Crippen MR) is 121 cm³/mol. The zero-order valence-corrected chi connectivity index (χ0v) is 17.8. The smallest absolute Gasteiger partial charge is 0.224 e. The summed E-state index contributed by atoms with van der Waals surface area (Å²) < 4.78 is 11.9. The fourth-order valence-electron chi connectivity index (χ4n) is 3.95. The lowest BCUT2D eigenvalue weighted by Gasteiger charge is -2.12. The van der Waals surface area contributed by atoms with Crippen LogP contribution in [0.1, 0.15) is 30.8 Å². The van der Waals surface area contributed by atoms with E-state index in [9.17, 15) is 0 Å². The van der Waals surface area contributed by atoms with Crippen LogP contribution in [0.3, 0.4) is 0 Å². The van der Waals surface area contributed by atoms with Crippen molar-refractivity contribution >= 4 is 10.9 Å². The molecule has 2 aromatic carbocycles. The van der Waals surface area contributed by atoms with E-state index < -0.39 is 0 Å². The maximum Gasteiger partial charge on any atom is 0.224 e. The highest BCUT2D eigenvalue weighted by atomic mass is 16.5. The van der Waals surface area contributed by atoms with Crippen molar-refractivity contribution in [2.75, 3.05) is 13.2 Å². The molecule has 0 unspecified atom stereocenters. The summed E-state index contributed by atoms with van der Waals surface area (Å²) in [6.07, 6.45) is 2.92. The van der Waals surface area contributed by atoms with Crippen LogP contribution in [0.2, 0.25) is 0 Å². The monoisotopic (exact) mass is 411 g/mol. The van der Waals surface area contributed by atoms with Crippen LogP contribution in [0.25, 0.3) is 22.0 Å². The average molecular weight is 412 g/mol. The first-order valence-corrected chi connectivity index (χ1v) is 10.8. The van der Waals surface area contributed by atoms with Crippen molar-refractivity contribution in [3.8, 4) is 22.8 Å². The van der Waals surface area contributed by atoms with Gasteiger partial charge < -0.3 is 9.47 Å². The summed E-state index contributed by atoms with van der Waals surface area (Å²) in [7, 11) is 0. The molecule has 1 fully saturated rings. The van der Waals surface area contributed by atoms with E-state index in [1.165, 1.54) is 5.39 Å². The molecule has 4 aromatic rings. The third-order valence-corrected chi connectivity index (χ3v) is 5.69. The number of pyridine rings is 1. The number of para-hydroxylation sites is 1. The van der Waals surface area contributed by atoms with Crippen molar-refractivity contribution < 1.29 is 9.47 Å². The van der Waals surface area contributed by atoms with Gasteiger partial charge in [-0.1, -0.05) is 36.4 Å². The molecule has 0 saturated heterocycles. The molecule has 5 nitrogen and oxygen atoms in total. The quantitative estimate of drug-likeness (QED) is 0.397. The minimum atomic E-state index is 0.442. The number of hydrogen-bond acceptors (Lipinski definition) is 5. The number of hydrogen-bond donors (Lipinski definition) is 0. The number of benzene rings is 2. The molecule has 0 bridgehead atoms. The molecule has 5 heteroatoms. The third kappa shape index (κ3) is 4.22. The Morgan fingerprint density at radius 2 is 1.87 bits per heavy atom. The number of aromatic nitrogens is 3. The molecular formula is C26H25N3O2. The molecule has 2 heterocycles. The molecule has 0 radical (unpaired) electrons. The highest BCUT2D eigenvalue weighted by Crippen LogP contribution is 2.47. The van der Waals surface area contributed by atoms with Gasteiger partial charge in [0.15, 0.2) is 0 Å². The van der Waals surface area contributed by atoms with E-state index in [-0.39, 0.29) is 0 Å². The summed E-state index contributed by atoms with van der Waals surface area (Å²) >= 11 is 0. The molecular weight excluding hydrogens is 386 g/mol. The van der Waals surface area contributed by atoms with Crippen molar-refractivity contribution in [3.05, 3.63) is 78.4 Å². The molecule has 0 spiro atoms. The van der Waals surface area contributed by atoms with E-state index in [4.69, 9.17) is 14.5 Å². The zero-order valence-electron chi connectivity index (χ0n) is 17.8. The van der Waals surface area contributed by atoms with Gasteiger partial charge in [-0.15, -0.1) is 0 Å². The maximum atomic E-state index is 6.22. The van der Waals surface area contributed by atoms with Crippen LogP contribution < -0.4 is 9.47 Å². The third-order valence-electron chi connectivity index (χ3n) is 5.69. The molecule has 1 aliphatic rings. The summed E-state index contributed by atoms with van der Waals surface area (Å²) in [5.74, 6) is 3.04. The van der Waals surface area contributed by atoms with Gasteiger partial charge >= 0.3 is 0 Å². The Balaban J connectivity index is 1.32. The first-order valence-electron chi connectivity index (χ1n) is 10.8. The van der Waals surface area contributed by atoms with E-state index in [2.05, 4.69) is 34.2 Å². The van der Waals surface area contributed by atoms with Crippen molar-refractivity contribution in [2.45, 2.75) is 26.2 Å². The molecule has 31 heavy (non-hydrogen) atoms. The van der Waals surface area contributed by atoms with Crippen LogP contribution in [0.4, 0.5) is 0 Å². The van der Waals surface area contributed by atoms with E-state index in [1.54, 1.807) is 0 Å². The Labute approximate surface area is 182 Å². The SMILES string of the molecule is CCOc1cccc(-c2cnc(C)nc2OC[C@H]2C[C@@H]2c2ccc3ccccc3n2)c1. The van der Waals surface area contributed by atoms with Crippen molar-refractivity contribution in [3.63, 3.8) is 0 Å². The molecule has 0 N–H and O–H groups in total. The number of aryl methyl sites for hydroxylation is 1. The maximum absolute atomic E-state index is 6.22. The van der Waals surface area contributed by atoms with Crippen LogP contribution in [-0.2, 0) is 0 Å². The molecule has 0 aliphatic heterocycles. The van der Waals surface area contributed by atoms with E-state index in [0.29, 0.717) is 36.8 Å². The Kier molecular flexibility index (Phi) is 5.24. The van der Waals surface area contributed by atoms with Crippen LogP contribution in [0.5, 0.6) is 11.6 Å². The van der Waals surface area contributed by atoms with E-state index in [0.717, 1.165) is 34.5 Å². The fourth-order valence-corrected chi connectivity index (χ4v) is 3.95. The largest absolute Gasteiger partial charge is 0.494 e. The first kappa shape index (κ1) is 19.5. The second-order valence-electron chi connectivity index (χ2n) is 7.94. The standard InChI is InChI=1S/C26H25N3O2/c1-3-30-21-9-6-8-19(13-21)23-15-27-17(2)28-26(23)31-16-20-14-22(20)25-12-11-18-7-4-5-10-24(18)29-25/h4-13,15,20,22H,3,14,16H2,1-2H3/t20-,22+/m1/s1. The number of nitrogens with zero attached hydrogens (tertiary/aromatic N) is 3. The summed E-state index contributed by atoms with van der Waals surface area (Å²) in [6, 6.07) is 20.5. The first-order chi connectivity index (χ1) is 15.2. The van der Waals surface area contributed by atoms with Crippen molar-refractivity contribution in [2.24, 2.45) is 5.92 Å². The molecule has 5 rings (SSSR count). The summed E-state index contributed by atoms with van der Waals surface area (Å²) in [5.41, 5.74) is 4.07. The average Bonchev–Trinajstić information content (AvgIpc) is 3.58. The second-order valence-corrected chi connectivity index (χ2v) is 7.94. The highest BCUT2D eigenvalue weighted by Gasteiger charge is 2.40. The Hall–Kier alpha value is -3.47. The second kappa shape index (κ2) is 8.34. The number of ether oxygens (including phenoxy) is 2. The predicted octanol–water partition coefficient (Wildman–Crippen LogP) is 5.58. The minimum absolute atomic E-state index is 0.442. The van der Waals surface area contributed by atoms with Gasteiger partial charge in [0, 0.05) is 29.1 Å². The van der Waals surface area contributed by atoms with Gasteiger partial charge in [-0.2, -0.15) is 4.98 Å². The minimum Gasteiger partial charge on any atom is -0.494 e. The summed E-state index contributed by atoms with van der Waals surface area (Å²) in [5, 5.41) is 1.18. The molecule has 156 valence electrons. The van der Waals surface area contributed by atoms with Gasteiger partial charge in [0.05, 0.1) is 24.3 Å². The van der Waals surface area contributed by atoms with Crippen LogP contribution in [-0.4, -0.2) is 28.2 Å². The molecule has 2 aromatic heterocycles. The van der Waals surface area contributed by atoms with E-state index in [1.807, 2.05) is 56.4 Å². The van der Waals surface area contributed by atoms with Crippen molar-refractivity contribution in [1.82, 2.24) is 15.0 Å². The zero-order chi connectivity index (χ0) is 21.2. The molecule has 1 saturated carbocycles. The van der Waals surface area contributed by atoms with Crippen molar-refractivity contribution in [1.29, 1.82) is 0 Å². The Morgan fingerprint density at radius 3 is 2.77 bits per heavy atom. The van der Waals surface area contributed by atoms with E-state index >= 15 is 0 Å².